The zero-order chi connectivity index (χ0) is 21.4. The largest absolute Gasteiger partial charge is 0.479 e. The van der Waals surface area contributed by atoms with Crippen LogP contribution in [0.5, 0.6) is 0 Å². The van der Waals surface area contributed by atoms with Gasteiger partial charge in [0.25, 0.3) is 0 Å². The van der Waals surface area contributed by atoms with Crippen LogP contribution in [0.15, 0.2) is 47.4 Å². The molecule has 10 heteroatoms. The van der Waals surface area contributed by atoms with E-state index in [2.05, 4.69) is 4.72 Å². The molecule has 0 aromatic heterocycles. The second-order valence-corrected chi connectivity index (χ2v) is 8.46. The molecule has 0 bridgehead atoms. The number of hydrogen-bond acceptors (Lipinski definition) is 4. The second kappa shape index (κ2) is 7.77. The predicted octanol–water partition coefficient (Wildman–Crippen LogP) is 3.18. The number of carboxylic acid groups (broad SMARTS) is 1. The molecule has 2 aromatic carbocycles. The molecule has 2 unspecified atom stereocenters. The summed E-state index contributed by atoms with van der Waals surface area (Å²) in [5.74, 6) is -1.41. The Morgan fingerprint density at radius 1 is 1.14 bits per heavy atom. The van der Waals surface area contributed by atoms with Crippen molar-refractivity contribution in [1.82, 2.24) is 4.72 Å². The quantitative estimate of drug-likeness (QED) is 0.677. The van der Waals surface area contributed by atoms with E-state index in [1.807, 2.05) is 0 Å². The molecule has 0 radical (unpaired) electrons. The van der Waals surface area contributed by atoms with Crippen LogP contribution < -0.4 is 4.72 Å². The van der Waals surface area contributed by atoms with Crippen LogP contribution in [0.3, 0.4) is 0 Å². The Hall–Kier alpha value is -2.43. The minimum absolute atomic E-state index is 0.202. The summed E-state index contributed by atoms with van der Waals surface area (Å²) in [7, 11) is -4.11. The number of hydrogen-bond donors (Lipinski definition) is 3. The SMILES string of the molecule is O=C(O)C(O)c1cccc2c1CCCC2NS(=O)(=O)c1ccc(C(F)(F)F)cc1. The number of aliphatic carboxylic acids is 1. The van der Waals surface area contributed by atoms with E-state index in [9.17, 15) is 31.5 Å². The zero-order valence-corrected chi connectivity index (χ0v) is 15.8. The average molecular weight is 429 g/mol. The number of sulfonamides is 1. The van der Waals surface area contributed by atoms with Gasteiger partial charge in [-0.3, -0.25) is 0 Å². The van der Waals surface area contributed by atoms with E-state index in [-0.39, 0.29) is 10.5 Å². The van der Waals surface area contributed by atoms with Crippen molar-refractivity contribution in [1.29, 1.82) is 0 Å². The number of aliphatic hydroxyl groups excluding tert-OH is 1. The van der Waals surface area contributed by atoms with E-state index in [1.54, 1.807) is 6.07 Å². The van der Waals surface area contributed by atoms with Crippen molar-refractivity contribution in [2.75, 3.05) is 0 Å². The fourth-order valence-electron chi connectivity index (χ4n) is 3.47. The number of fused-ring (bicyclic) bond motifs is 1. The van der Waals surface area contributed by atoms with Gasteiger partial charge in [-0.25, -0.2) is 17.9 Å². The molecule has 0 spiro atoms. The molecule has 2 aromatic rings. The third-order valence-corrected chi connectivity index (χ3v) is 6.35. The Morgan fingerprint density at radius 2 is 1.79 bits per heavy atom. The molecule has 156 valence electrons. The van der Waals surface area contributed by atoms with Crippen LogP contribution in [0, 0.1) is 0 Å². The molecule has 29 heavy (non-hydrogen) atoms. The van der Waals surface area contributed by atoms with Crippen LogP contribution >= 0.6 is 0 Å². The third-order valence-electron chi connectivity index (χ3n) is 4.86. The first-order valence-corrected chi connectivity index (χ1v) is 10.2. The van der Waals surface area contributed by atoms with Crippen molar-refractivity contribution in [3.8, 4) is 0 Å². The van der Waals surface area contributed by atoms with Gasteiger partial charge in [0.2, 0.25) is 10.0 Å². The lowest BCUT2D eigenvalue weighted by Gasteiger charge is -2.28. The molecule has 0 aliphatic heterocycles. The fraction of sp³-hybridized carbons (Fsp3) is 0.316. The Labute approximate surface area is 165 Å². The molecule has 0 saturated heterocycles. The monoisotopic (exact) mass is 429 g/mol. The molecular formula is C19H18F3NO5S. The van der Waals surface area contributed by atoms with E-state index >= 15 is 0 Å². The van der Waals surface area contributed by atoms with Gasteiger partial charge >= 0.3 is 12.1 Å². The van der Waals surface area contributed by atoms with Crippen molar-refractivity contribution in [2.45, 2.75) is 42.5 Å². The number of alkyl halides is 3. The zero-order valence-electron chi connectivity index (χ0n) is 15.0. The summed E-state index contributed by atoms with van der Waals surface area (Å²) < 4.78 is 65.9. The van der Waals surface area contributed by atoms with Gasteiger partial charge in [-0.1, -0.05) is 18.2 Å². The molecule has 3 N–H and O–H groups in total. The highest BCUT2D eigenvalue weighted by molar-refractivity contribution is 7.89. The van der Waals surface area contributed by atoms with Gasteiger partial charge in [-0.15, -0.1) is 0 Å². The molecule has 0 fully saturated rings. The summed E-state index contributed by atoms with van der Waals surface area (Å²) in [6.45, 7) is 0. The standard InChI is InChI=1S/C19H18F3NO5S/c20-19(21,22)11-7-9-12(10-8-11)29(27,28)23-16-6-2-3-13-14(16)4-1-5-15(13)17(24)18(25)26/h1,4-5,7-10,16-17,23-24H,2-3,6H2,(H,25,26). The molecule has 0 saturated carbocycles. The maximum atomic E-state index is 12.7. The van der Waals surface area contributed by atoms with Gasteiger partial charge in [-0.05, 0) is 60.2 Å². The van der Waals surface area contributed by atoms with Crippen molar-refractivity contribution in [3.63, 3.8) is 0 Å². The Bertz CT molecular complexity index is 1020. The normalized spacial score (nSPS) is 18.1. The summed E-state index contributed by atoms with van der Waals surface area (Å²) in [5, 5.41) is 19.0. The van der Waals surface area contributed by atoms with E-state index in [1.165, 1.54) is 12.1 Å². The van der Waals surface area contributed by atoms with Crippen LogP contribution in [-0.2, 0) is 27.4 Å². The number of halogens is 3. The first-order valence-electron chi connectivity index (χ1n) is 8.73. The summed E-state index contributed by atoms with van der Waals surface area (Å²) in [4.78, 5) is 10.8. The number of carboxylic acids is 1. The van der Waals surface area contributed by atoms with E-state index in [4.69, 9.17) is 5.11 Å². The van der Waals surface area contributed by atoms with E-state index in [0.717, 1.165) is 12.1 Å². The molecule has 0 heterocycles. The van der Waals surface area contributed by atoms with E-state index in [0.29, 0.717) is 42.5 Å². The Kier molecular flexibility index (Phi) is 5.70. The third kappa shape index (κ3) is 4.44. The number of rotatable bonds is 5. The molecule has 1 aliphatic rings. The highest BCUT2D eigenvalue weighted by atomic mass is 32.2. The van der Waals surface area contributed by atoms with Crippen molar-refractivity contribution in [3.05, 3.63) is 64.7 Å². The molecule has 1 aliphatic carbocycles. The van der Waals surface area contributed by atoms with Gasteiger partial charge in [0.1, 0.15) is 0 Å². The minimum Gasteiger partial charge on any atom is -0.479 e. The molecular weight excluding hydrogens is 411 g/mol. The Morgan fingerprint density at radius 3 is 2.38 bits per heavy atom. The second-order valence-electron chi connectivity index (χ2n) is 6.74. The van der Waals surface area contributed by atoms with Gasteiger partial charge < -0.3 is 10.2 Å². The topological polar surface area (TPSA) is 104 Å². The Balaban J connectivity index is 1.90. The van der Waals surface area contributed by atoms with Gasteiger partial charge in [0, 0.05) is 6.04 Å². The molecule has 6 nitrogen and oxygen atoms in total. The summed E-state index contributed by atoms with van der Waals surface area (Å²) >= 11 is 0. The highest BCUT2D eigenvalue weighted by Gasteiger charge is 2.32. The van der Waals surface area contributed by atoms with E-state index < -0.39 is 39.9 Å². The van der Waals surface area contributed by atoms with Gasteiger partial charge in [0.05, 0.1) is 10.5 Å². The van der Waals surface area contributed by atoms with Crippen LogP contribution in [0.25, 0.3) is 0 Å². The number of aliphatic hydroxyl groups is 1. The van der Waals surface area contributed by atoms with Crippen molar-refractivity contribution < 1.29 is 36.6 Å². The lowest BCUT2D eigenvalue weighted by atomic mass is 9.84. The van der Waals surface area contributed by atoms with Gasteiger partial charge in [0.15, 0.2) is 6.10 Å². The maximum Gasteiger partial charge on any atom is 0.416 e. The van der Waals surface area contributed by atoms with Crippen LogP contribution in [0.1, 0.15) is 47.2 Å². The number of nitrogens with one attached hydrogen (secondary N) is 1. The lowest BCUT2D eigenvalue weighted by Crippen LogP contribution is -2.31. The van der Waals surface area contributed by atoms with Crippen LogP contribution in [0.4, 0.5) is 13.2 Å². The molecule has 2 atom stereocenters. The highest BCUT2D eigenvalue weighted by Crippen LogP contribution is 2.35. The lowest BCUT2D eigenvalue weighted by molar-refractivity contribution is -0.147. The predicted molar refractivity (Wildman–Crippen MR) is 96.5 cm³/mol. The minimum atomic E-state index is -4.57. The summed E-state index contributed by atoms with van der Waals surface area (Å²) in [6.07, 6.45) is -4.83. The van der Waals surface area contributed by atoms with Crippen molar-refractivity contribution in [2.24, 2.45) is 0 Å². The smallest absolute Gasteiger partial charge is 0.416 e. The number of benzene rings is 2. The van der Waals surface area contributed by atoms with Crippen molar-refractivity contribution >= 4 is 16.0 Å². The van der Waals surface area contributed by atoms with Gasteiger partial charge in [-0.2, -0.15) is 13.2 Å². The first-order chi connectivity index (χ1) is 13.5. The maximum absolute atomic E-state index is 12.7. The fourth-order valence-corrected chi connectivity index (χ4v) is 4.72. The molecule has 0 amide bonds. The average Bonchev–Trinajstić information content (AvgIpc) is 2.66. The number of carbonyl (C=O) groups is 1. The first kappa shape index (κ1) is 21.3. The summed E-state index contributed by atoms with van der Waals surface area (Å²) in [6, 6.07) is 7.14. The molecule has 3 rings (SSSR count). The summed E-state index contributed by atoms with van der Waals surface area (Å²) in [5.41, 5.74) is 0.360. The van der Waals surface area contributed by atoms with Crippen LogP contribution in [0.2, 0.25) is 0 Å². The van der Waals surface area contributed by atoms with Crippen LogP contribution in [-0.4, -0.2) is 24.6 Å².